The molecular weight excluding hydrogens is 363 g/mol. The Balaban J connectivity index is 1.85. The molecule has 2 aromatic carbocycles. The van der Waals surface area contributed by atoms with Crippen LogP contribution in [0.4, 0.5) is 11.4 Å². The molecule has 1 aliphatic heterocycles. The van der Waals surface area contributed by atoms with Gasteiger partial charge >= 0.3 is 0 Å². The van der Waals surface area contributed by atoms with Crippen molar-refractivity contribution in [2.75, 3.05) is 43.6 Å². The van der Waals surface area contributed by atoms with Crippen LogP contribution in [0.2, 0.25) is 10.0 Å². The topological polar surface area (TPSA) is 50.8 Å². The number of anilines is 2. The van der Waals surface area contributed by atoms with Gasteiger partial charge in [-0.05, 0) is 36.4 Å². The number of hydrogen-bond acceptors (Lipinski definition) is 4. The van der Waals surface area contributed by atoms with Crippen LogP contribution in [0, 0.1) is 0 Å². The number of hydrogen-bond donors (Lipinski definition) is 1. The van der Waals surface area contributed by atoms with Gasteiger partial charge in [0.05, 0.1) is 36.7 Å². The van der Waals surface area contributed by atoms with Crippen molar-refractivity contribution in [2.45, 2.75) is 0 Å². The van der Waals surface area contributed by atoms with Crippen molar-refractivity contribution in [1.29, 1.82) is 0 Å². The second-order valence-electron chi connectivity index (χ2n) is 5.56. The molecule has 132 valence electrons. The normalized spacial score (nSPS) is 14.3. The highest BCUT2D eigenvalue weighted by atomic mass is 35.5. The van der Waals surface area contributed by atoms with Gasteiger partial charge in [0.1, 0.15) is 5.75 Å². The minimum Gasteiger partial charge on any atom is -0.495 e. The van der Waals surface area contributed by atoms with E-state index in [2.05, 4.69) is 10.2 Å². The average molecular weight is 381 g/mol. The predicted octanol–water partition coefficient (Wildman–Crippen LogP) is 4.09. The van der Waals surface area contributed by atoms with Gasteiger partial charge in [0.15, 0.2) is 0 Å². The van der Waals surface area contributed by atoms with Crippen LogP contribution in [-0.2, 0) is 4.74 Å². The number of methoxy groups -OCH3 is 1. The molecule has 0 bridgehead atoms. The zero-order valence-electron chi connectivity index (χ0n) is 13.7. The highest BCUT2D eigenvalue weighted by molar-refractivity contribution is 6.32. The van der Waals surface area contributed by atoms with E-state index in [-0.39, 0.29) is 5.91 Å². The van der Waals surface area contributed by atoms with Gasteiger partial charge in [0, 0.05) is 23.7 Å². The molecule has 5 nitrogen and oxygen atoms in total. The van der Waals surface area contributed by atoms with E-state index < -0.39 is 0 Å². The molecule has 1 fully saturated rings. The molecule has 0 aliphatic carbocycles. The number of nitrogens with one attached hydrogen (secondary N) is 1. The molecule has 0 saturated carbocycles. The lowest BCUT2D eigenvalue weighted by atomic mass is 10.1. The maximum Gasteiger partial charge on any atom is 0.255 e. The Bertz CT molecular complexity index is 777. The quantitative estimate of drug-likeness (QED) is 0.867. The van der Waals surface area contributed by atoms with Crippen molar-refractivity contribution in [1.82, 2.24) is 0 Å². The highest BCUT2D eigenvalue weighted by Gasteiger charge is 2.17. The Morgan fingerprint density at radius 2 is 1.92 bits per heavy atom. The summed E-state index contributed by atoms with van der Waals surface area (Å²) in [4.78, 5) is 14.8. The first-order valence-corrected chi connectivity index (χ1v) is 8.61. The van der Waals surface area contributed by atoms with Gasteiger partial charge in [-0.25, -0.2) is 0 Å². The number of morpholine rings is 1. The SMILES string of the molecule is COc1ccc(C(=O)Nc2cc(Cl)ccc2N2CCOCC2)cc1Cl. The van der Waals surface area contributed by atoms with E-state index in [1.807, 2.05) is 12.1 Å². The summed E-state index contributed by atoms with van der Waals surface area (Å²) in [5.74, 6) is 0.260. The molecule has 0 unspecified atom stereocenters. The largest absolute Gasteiger partial charge is 0.495 e. The predicted molar refractivity (Wildman–Crippen MR) is 100 cm³/mol. The van der Waals surface area contributed by atoms with Gasteiger partial charge in [-0.2, -0.15) is 0 Å². The molecule has 2 aromatic rings. The number of nitrogens with zero attached hydrogens (tertiary/aromatic N) is 1. The number of ether oxygens (including phenoxy) is 2. The van der Waals surface area contributed by atoms with E-state index in [4.69, 9.17) is 32.7 Å². The number of carbonyl (C=O) groups excluding carboxylic acids is 1. The third-order valence-corrected chi connectivity index (χ3v) is 4.50. The lowest BCUT2D eigenvalue weighted by Gasteiger charge is -2.30. The van der Waals surface area contributed by atoms with Crippen molar-refractivity contribution in [2.24, 2.45) is 0 Å². The van der Waals surface area contributed by atoms with Crippen LogP contribution in [-0.4, -0.2) is 39.3 Å². The number of benzene rings is 2. The van der Waals surface area contributed by atoms with Gasteiger partial charge in [0.2, 0.25) is 0 Å². The third-order valence-electron chi connectivity index (χ3n) is 3.97. The summed E-state index contributed by atoms with van der Waals surface area (Å²) in [7, 11) is 1.53. The van der Waals surface area contributed by atoms with Gasteiger partial charge in [-0.15, -0.1) is 0 Å². The van der Waals surface area contributed by atoms with Gasteiger partial charge < -0.3 is 19.7 Å². The molecule has 0 aromatic heterocycles. The number of carbonyl (C=O) groups is 1. The van der Waals surface area contributed by atoms with E-state index >= 15 is 0 Å². The van der Waals surface area contributed by atoms with Crippen LogP contribution in [0.15, 0.2) is 36.4 Å². The second kappa shape index (κ2) is 7.95. The summed E-state index contributed by atoms with van der Waals surface area (Å²) >= 11 is 12.2. The molecule has 1 amide bonds. The van der Waals surface area contributed by atoms with Crippen LogP contribution >= 0.6 is 23.2 Å². The minimum atomic E-state index is -0.263. The third kappa shape index (κ3) is 4.18. The van der Waals surface area contributed by atoms with Crippen LogP contribution in [0.1, 0.15) is 10.4 Å². The Labute approximate surface area is 156 Å². The Kier molecular flexibility index (Phi) is 5.68. The van der Waals surface area contributed by atoms with Crippen molar-refractivity contribution < 1.29 is 14.3 Å². The zero-order valence-corrected chi connectivity index (χ0v) is 15.2. The first kappa shape index (κ1) is 17.9. The van der Waals surface area contributed by atoms with Crippen molar-refractivity contribution in [3.05, 3.63) is 52.0 Å². The summed E-state index contributed by atoms with van der Waals surface area (Å²) in [6.45, 7) is 2.84. The number of rotatable bonds is 4. The van der Waals surface area contributed by atoms with Crippen molar-refractivity contribution >= 4 is 40.5 Å². The molecule has 7 heteroatoms. The Hall–Kier alpha value is -1.95. The van der Waals surface area contributed by atoms with Crippen molar-refractivity contribution in [3.8, 4) is 5.75 Å². The van der Waals surface area contributed by atoms with E-state index in [1.54, 1.807) is 24.3 Å². The average Bonchev–Trinajstić information content (AvgIpc) is 2.62. The molecule has 0 radical (unpaired) electrons. The van der Waals surface area contributed by atoms with E-state index in [1.165, 1.54) is 7.11 Å². The van der Waals surface area contributed by atoms with Crippen molar-refractivity contribution in [3.63, 3.8) is 0 Å². The Morgan fingerprint density at radius 1 is 1.16 bits per heavy atom. The molecule has 1 N–H and O–H groups in total. The van der Waals surface area contributed by atoms with Crippen LogP contribution in [0.25, 0.3) is 0 Å². The molecule has 3 rings (SSSR count). The van der Waals surface area contributed by atoms with Gasteiger partial charge in [-0.1, -0.05) is 23.2 Å². The van der Waals surface area contributed by atoms with Crippen LogP contribution in [0.3, 0.4) is 0 Å². The molecule has 1 saturated heterocycles. The van der Waals surface area contributed by atoms with Gasteiger partial charge in [0.25, 0.3) is 5.91 Å². The fourth-order valence-corrected chi connectivity index (χ4v) is 3.12. The zero-order chi connectivity index (χ0) is 17.8. The summed E-state index contributed by atoms with van der Waals surface area (Å²) in [5, 5.41) is 3.86. The molecule has 1 aliphatic rings. The first-order valence-electron chi connectivity index (χ1n) is 7.85. The summed E-state index contributed by atoms with van der Waals surface area (Å²) in [6, 6.07) is 10.4. The van der Waals surface area contributed by atoms with Crippen LogP contribution < -0.4 is 15.0 Å². The summed E-state index contributed by atoms with van der Waals surface area (Å²) in [5.41, 5.74) is 2.02. The fourth-order valence-electron chi connectivity index (χ4n) is 2.69. The highest BCUT2D eigenvalue weighted by Crippen LogP contribution is 2.31. The molecule has 0 atom stereocenters. The van der Waals surface area contributed by atoms with E-state index in [0.717, 1.165) is 18.8 Å². The maximum atomic E-state index is 12.6. The first-order chi connectivity index (χ1) is 12.1. The molecule has 25 heavy (non-hydrogen) atoms. The fraction of sp³-hybridized carbons (Fsp3) is 0.278. The van der Waals surface area contributed by atoms with Crippen LogP contribution in [0.5, 0.6) is 5.75 Å². The second-order valence-corrected chi connectivity index (χ2v) is 6.41. The van der Waals surface area contributed by atoms with Gasteiger partial charge in [-0.3, -0.25) is 4.79 Å². The van der Waals surface area contributed by atoms with E-state index in [0.29, 0.717) is 40.3 Å². The summed E-state index contributed by atoms with van der Waals surface area (Å²) in [6.07, 6.45) is 0. The molecular formula is C18H18Cl2N2O3. The van der Waals surface area contributed by atoms with E-state index in [9.17, 15) is 4.79 Å². The monoisotopic (exact) mass is 380 g/mol. The number of amides is 1. The standard InChI is InChI=1S/C18H18Cl2N2O3/c1-24-17-5-2-12(10-14(17)20)18(23)21-15-11-13(19)3-4-16(15)22-6-8-25-9-7-22/h2-5,10-11H,6-9H2,1H3,(H,21,23). The molecule has 1 heterocycles. The maximum absolute atomic E-state index is 12.6. The Morgan fingerprint density at radius 3 is 2.60 bits per heavy atom. The smallest absolute Gasteiger partial charge is 0.255 e. The lowest BCUT2D eigenvalue weighted by molar-refractivity contribution is 0.102. The minimum absolute atomic E-state index is 0.263. The summed E-state index contributed by atoms with van der Waals surface area (Å²) < 4.78 is 10.5. The number of halogens is 2. The lowest BCUT2D eigenvalue weighted by Crippen LogP contribution is -2.36. The molecule has 0 spiro atoms.